The molecule has 4 rings (SSSR count). The molecule has 0 atom stereocenters. The fraction of sp³-hybridized carbons (Fsp3) is 0.207. The number of carbonyl (C=O) groups excluding carboxylic acids is 3. The van der Waals surface area contributed by atoms with Crippen molar-refractivity contribution in [3.8, 4) is 11.5 Å². The molecule has 1 aliphatic rings. The van der Waals surface area contributed by atoms with Gasteiger partial charge in [0.15, 0.2) is 0 Å². The summed E-state index contributed by atoms with van der Waals surface area (Å²) in [5, 5.41) is 5.53. The highest BCUT2D eigenvalue weighted by Crippen LogP contribution is 2.36. The summed E-state index contributed by atoms with van der Waals surface area (Å²) in [6, 6.07) is 18.9. The quantitative estimate of drug-likeness (QED) is 0.250. The average Bonchev–Trinajstić information content (AvgIpc) is 3.12. The molecule has 38 heavy (non-hydrogen) atoms. The molecule has 3 aromatic carbocycles. The highest BCUT2D eigenvalue weighted by molar-refractivity contribution is 6.53. The lowest BCUT2D eigenvalue weighted by Crippen LogP contribution is -2.32. The van der Waals surface area contributed by atoms with Crippen molar-refractivity contribution < 1.29 is 23.9 Å². The maximum Gasteiger partial charge on any atom is 0.283 e. The summed E-state index contributed by atoms with van der Waals surface area (Å²) in [5.41, 5.74) is 2.35. The first-order valence-electron chi connectivity index (χ1n) is 12.2. The number of carbonyl (C=O) groups is 3. The molecule has 8 nitrogen and oxygen atoms in total. The van der Waals surface area contributed by atoms with E-state index < -0.39 is 11.8 Å². The van der Waals surface area contributed by atoms with Gasteiger partial charge in [-0.05, 0) is 61.4 Å². The van der Waals surface area contributed by atoms with Crippen LogP contribution in [0.4, 0.5) is 17.1 Å². The van der Waals surface area contributed by atoms with Crippen molar-refractivity contribution in [1.29, 1.82) is 0 Å². The van der Waals surface area contributed by atoms with Crippen molar-refractivity contribution in [2.75, 3.05) is 29.3 Å². The van der Waals surface area contributed by atoms with Crippen molar-refractivity contribution in [2.45, 2.75) is 26.7 Å². The minimum absolute atomic E-state index is 0.0903. The summed E-state index contributed by atoms with van der Waals surface area (Å²) in [4.78, 5) is 40.2. The number of aryl methyl sites for hydroxylation is 1. The zero-order valence-electron chi connectivity index (χ0n) is 21.3. The second-order valence-corrected chi connectivity index (χ2v) is 9.05. The summed E-state index contributed by atoms with van der Waals surface area (Å²) in [5.74, 6) is -0.711. The second-order valence-electron chi connectivity index (χ2n) is 8.67. The number of nitrogens with zero attached hydrogens (tertiary/aromatic N) is 1. The molecule has 0 bridgehead atoms. The first-order valence-corrected chi connectivity index (χ1v) is 12.5. The van der Waals surface area contributed by atoms with E-state index in [9.17, 15) is 14.4 Å². The lowest BCUT2D eigenvalue weighted by atomic mass is 10.1. The van der Waals surface area contributed by atoms with Crippen LogP contribution in [0.1, 0.15) is 35.7 Å². The zero-order chi connectivity index (χ0) is 27.2. The number of methoxy groups -OCH3 is 1. The predicted octanol–water partition coefficient (Wildman–Crippen LogP) is 5.87. The number of amides is 3. The van der Waals surface area contributed by atoms with Crippen LogP contribution in [0.15, 0.2) is 77.5 Å². The van der Waals surface area contributed by atoms with Gasteiger partial charge in [-0.1, -0.05) is 49.2 Å². The van der Waals surface area contributed by atoms with E-state index in [2.05, 4.69) is 17.6 Å². The molecule has 9 heteroatoms. The Labute approximate surface area is 226 Å². The molecule has 1 aliphatic heterocycles. The molecule has 3 aromatic rings. The number of halogens is 1. The summed E-state index contributed by atoms with van der Waals surface area (Å²) in [7, 11) is 1.46. The minimum Gasteiger partial charge on any atom is -0.495 e. The Morgan fingerprint density at radius 2 is 1.76 bits per heavy atom. The van der Waals surface area contributed by atoms with Gasteiger partial charge in [0.05, 0.1) is 25.1 Å². The first kappa shape index (κ1) is 26.8. The van der Waals surface area contributed by atoms with E-state index in [0.29, 0.717) is 40.7 Å². The van der Waals surface area contributed by atoms with Gasteiger partial charge in [-0.2, -0.15) is 0 Å². The number of rotatable bonds is 10. The summed E-state index contributed by atoms with van der Waals surface area (Å²) in [6.45, 7) is 4.47. The Morgan fingerprint density at radius 1 is 0.974 bits per heavy atom. The Bertz CT molecular complexity index is 1420. The minimum atomic E-state index is -0.670. The van der Waals surface area contributed by atoms with Gasteiger partial charge in [-0.3, -0.25) is 14.4 Å². The molecule has 0 saturated carbocycles. The molecule has 0 saturated heterocycles. The predicted molar refractivity (Wildman–Crippen MR) is 148 cm³/mol. The number of nitrogens with one attached hydrogen (secondary N) is 2. The molecule has 3 amide bonds. The third kappa shape index (κ3) is 5.65. The van der Waals surface area contributed by atoms with E-state index >= 15 is 0 Å². The van der Waals surface area contributed by atoms with Crippen LogP contribution in [0.3, 0.4) is 0 Å². The van der Waals surface area contributed by atoms with Gasteiger partial charge >= 0.3 is 0 Å². The van der Waals surface area contributed by atoms with Gasteiger partial charge in [0, 0.05) is 11.3 Å². The molecule has 0 unspecified atom stereocenters. The number of hydrogen-bond donors (Lipinski definition) is 2. The van der Waals surface area contributed by atoms with Crippen molar-refractivity contribution in [3.05, 3.63) is 88.6 Å². The van der Waals surface area contributed by atoms with E-state index in [1.165, 1.54) is 7.11 Å². The van der Waals surface area contributed by atoms with Gasteiger partial charge in [0.1, 0.15) is 22.2 Å². The molecule has 0 aromatic heterocycles. The topological polar surface area (TPSA) is 97.0 Å². The molecule has 1 heterocycles. The van der Waals surface area contributed by atoms with Gasteiger partial charge < -0.3 is 20.1 Å². The lowest BCUT2D eigenvalue weighted by Gasteiger charge is -2.18. The largest absolute Gasteiger partial charge is 0.495 e. The van der Waals surface area contributed by atoms with Gasteiger partial charge in [-0.15, -0.1) is 0 Å². The summed E-state index contributed by atoms with van der Waals surface area (Å²) in [6.07, 6.45) is 1.91. The Balaban J connectivity index is 1.53. The van der Waals surface area contributed by atoms with E-state index in [1.54, 1.807) is 48.5 Å². The molecule has 0 aliphatic carbocycles. The van der Waals surface area contributed by atoms with Gasteiger partial charge in [0.25, 0.3) is 17.7 Å². The number of benzene rings is 3. The highest BCUT2D eigenvalue weighted by Gasteiger charge is 2.40. The fourth-order valence-corrected chi connectivity index (χ4v) is 4.12. The maximum absolute atomic E-state index is 13.3. The summed E-state index contributed by atoms with van der Waals surface area (Å²) < 4.78 is 11.1. The van der Waals surface area contributed by atoms with Crippen molar-refractivity contribution in [3.63, 3.8) is 0 Å². The Hall–Kier alpha value is -4.30. The van der Waals surface area contributed by atoms with Crippen LogP contribution in [0.25, 0.3) is 0 Å². The van der Waals surface area contributed by atoms with Crippen molar-refractivity contribution >= 4 is 46.4 Å². The van der Waals surface area contributed by atoms with E-state index in [1.807, 2.05) is 25.1 Å². The molecule has 0 fully saturated rings. The number of para-hydroxylation sites is 2. The SMILES string of the molecule is CCCCOc1ccccc1NC(=O)c1cccc(NC2=C(Cl)C(=O)N(c3cc(C)ccc3OC)C2=O)c1. The van der Waals surface area contributed by atoms with Crippen LogP contribution in [0, 0.1) is 6.92 Å². The number of hydrogen-bond acceptors (Lipinski definition) is 6. The molecular formula is C29H28ClN3O5. The first-order chi connectivity index (χ1) is 18.3. The van der Waals surface area contributed by atoms with Crippen LogP contribution in [-0.4, -0.2) is 31.4 Å². The zero-order valence-corrected chi connectivity index (χ0v) is 22.1. The molecule has 196 valence electrons. The van der Waals surface area contributed by atoms with Crippen molar-refractivity contribution in [1.82, 2.24) is 0 Å². The third-order valence-corrected chi connectivity index (χ3v) is 6.24. The number of anilines is 3. The van der Waals surface area contributed by atoms with E-state index in [-0.39, 0.29) is 16.6 Å². The fourth-order valence-electron chi connectivity index (χ4n) is 3.90. The Kier molecular flexibility index (Phi) is 8.33. The van der Waals surface area contributed by atoms with Gasteiger partial charge in [0.2, 0.25) is 0 Å². The van der Waals surface area contributed by atoms with E-state index in [0.717, 1.165) is 23.3 Å². The lowest BCUT2D eigenvalue weighted by molar-refractivity contribution is -0.120. The van der Waals surface area contributed by atoms with Crippen LogP contribution in [0.5, 0.6) is 11.5 Å². The second kappa shape index (κ2) is 11.8. The molecular weight excluding hydrogens is 506 g/mol. The smallest absolute Gasteiger partial charge is 0.283 e. The monoisotopic (exact) mass is 533 g/mol. The number of imide groups is 1. The maximum atomic E-state index is 13.3. The molecule has 0 spiro atoms. The van der Waals surface area contributed by atoms with Crippen LogP contribution < -0.4 is 25.0 Å². The molecule has 0 radical (unpaired) electrons. The van der Waals surface area contributed by atoms with Crippen LogP contribution in [-0.2, 0) is 9.59 Å². The Morgan fingerprint density at radius 3 is 2.53 bits per heavy atom. The normalized spacial score (nSPS) is 13.1. The number of ether oxygens (including phenoxy) is 2. The summed E-state index contributed by atoms with van der Waals surface area (Å²) >= 11 is 6.30. The highest BCUT2D eigenvalue weighted by atomic mass is 35.5. The van der Waals surface area contributed by atoms with Crippen molar-refractivity contribution in [2.24, 2.45) is 0 Å². The third-order valence-electron chi connectivity index (χ3n) is 5.89. The number of unbranched alkanes of at least 4 members (excludes halogenated alkanes) is 1. The standard InChI is InChI=1S/C29H28ClN3O5/c1-4-5-15-38-23-12-7-6-11-21(23)32-27(34)19-9-8-10-20(17-19)31-26-25(30)28(35)33(29(26)36)22-16-18(2)13-14-24(22)37-3/h6-14,16-17,31H,4-5,15H2,1-3H3,(H,32,34). The van der Waals surface area contributed by atoms with E-state index in [4.69, 9.17) is 21.1 Å². The van der Waals surface area contributed by atoms with Gasteiger partial charge in [-0.25, -0.2) is 4.90 Å². The molecule has 2 N–H and O–H groups in total. The average molecular weight is 534 g/mol. The van der Waals surface area contributed by atoms with Crippen LogP contribution >= 0.6 is 11.6 Å². The van der Waals surface area contributed by atoms with Crippen LogP contribution in [0.2, 0.25) is 0 Å².